The topological polar surface area (TPSA) is 78.1 Å². The van der Waals surface area contributed by atoms with Crippen LogP contribution in [0.2, 0.25) is 0 Å². The Morgan fingerprint density at radius 2 is 2.04 bits per heavy atom. The highest BCUT2D eigenvalue weighted by atomic mass is 32.2. The smallest absolute Gasteiger partial charge is 0.259 e. The van der Waals surface area contributed by atoms with Crippen molar-refractivity contribution in [3.63, 3.8) is 0 Å². The maximum Gasteiger partial charge on any atom is 0.259 e. The van der Waals surface area contributed by atoms with Crippen LogP contribution in [0, 0.1) is 13.8 Å². The highest BCUT2D eigenvalue weighted by Gasteiger charge is 2.16. The second kappa shape index (κ2) is 9.53. The van der Waals surface area contributed by atoms with E-state index in [-0.39, 0.29) is 16.7 Å². The van der Waals surface area contributed by atoms with Crippen LogP contribution in [-0.2, 0) is 10.5 Å². The number of H-pyrrole nitrogens is 1. The van der Waals surface area contributed by atoms with E-state index in [4.69, 9.17) is 0 Å². The first-order valence-corrected chi connectivity index (χ1v) is 10.8. The van der Waals surface area contributed by atoms with Gasteiger partial charge in [-0.3, -0.25) is 9.59 Å². The van der Waals surface area contributed by atoms with Crippen LogP contribution in [0.4, 0.5) is 0 Å². The molecule has 0 fully saturated rings. The molecule has 0 saturated heterocycles. The molecule has 0 aromatic carbocycles. The third-order valence-corrected chi connectivity index (χ3v) is 6.80. The summed E-state index contributed by atoms with van der Waals surface area (Å²) in [6.45, 7) is 13.5. The molecule has 1 unspecified atom stereocenters. The molecule has 2 heterocycles. The van der Waals surface area contributed by atoms with E-state index >= 15 is 0 Å². The Morgan fingerprint density at radius 1 is 1.35 bits per heavy atom. The SMILES string of the molecule is CCN(CC)CCNC(=O)C(C)SCc1nc2sc(C)c(C)c2c(=O)[nH]1. The van der Waals surface area contributed by atoms with Crippen molar-refractivity contribution in [3.05, 3.63) is 26.6 Å². The Kier molecular flexibility index (Phi) is 7.67. The van der Waals surface area contributed by atoms with E-state index in [0.717, 1.165) is 34.9 Å². The van der Waals surface area contributed by atoms with Gasteiger partial charge in [0.1, 0.15) is 10.7 Å². The predicted molar refractivity (Wildman–Crippen MR) is 111 cm³/mol. The van der Waals surface area contributed by atoms with Crippen molar-refractivity contribution in [1.82, 2.24) is 20.2 Å². The lowest BCUT2D eigenvalue weighted by atomic mass is 10.2. The molecule has 144 valence electrons. The largest absolute Gasteiger partial charge is 0.354 e. The number of carbonyl (C=O) groups excluding carboxylic acids is 1. The fraction of sp³-hybridized carbons (Fsp3) is 0.611. The first-order valence-electron chi connectivity index (χ1n) is 8.97. The van der Waals surface area contributed by atoms with Crippen LogP contribution in [-0.4, -0.2) is 52.2 Å². The molecule has 2 rings (SSSR count). The molecule has 1 amide bonds. The second-order valence-corrected chi connectivity index (χ2v) is 8.78. The molecule has 6 nitrogen and oxygen atoms in total. The Bertz CT molecular complexity index is 811. The molecule has 2 N–H and O–H groups in total. The van der Waals surface area contributed by atoms with Crippen LogP contribution >= 0.6 is 23.1 Å². The Morgan fingerprint density at radius 3 is 2.69 bits per heavy atom. The third kappa shape index (κ3) is 5.08. The number of hydrogen-bond acceptors (Lipinski definition) is 6. The summed E-state index contributed by atoms with van der Waals surface area (Å²) in [5.41, 5.74) is 0.905. The molecule has 0 radical (unpaired) electrons. The molecular weight excluding hydrogens is 368 g/mol. The van der Waals surface area contributed by atoms with Crippen LogP contribution in [0.5, 0.6) is 0 Å². The molecular formula is C18H28N4O2S2. The minimum absolute atomic E-state index is 0.0217. The van der Waals surface area contributed by atoms with Gasteiger partial charge in [0.05, 0.1) is 16.4 Å². The van der Waals surface area contributed by atoms with Gasteiger partial charge in [0, 0.05) is 18.0 Å². The summed E-state index contributed by atoms with van der Waals surface area (Å²) in [7, 11) is 0. The Balaban J connectivity index is 1.90. The number of amides is 1. The normalized spacial score (nSPS) is 12.7. The number of fused-ring (bicyclic) bond motifs is 1. The lowest BCUT2D eigenvalue weighted by Gasteiger charge is -2.19. The summed E-state index contributed by atoms with van der Waals surface area (Å²) >= 11 is 3.02. The molecule has 1 atom stereocenters. The fourth-order valence-electron chi connectivity index (χ4n) is 2.67. The molecule has 0 spiro atoms. The van der Waals surface area contributed by atoms with Gasteiger partial charge in [-0.25, -0.2) is 4.98 Å². The summed E-state index contributed by atoms with van der Waals surface area (Å²) in [6.07, 6.45) is 0. The molecule has 2 aromatic heterocycles. The first-order chi connectivity index (χ1) is 12.4. The van der Waals surface area contributed by atoms with Gasteiger partial charge >= 0.3 is 0 Å². The predicted octanol–water partition coefficient (Wildman–Crippen LogP) is 2.68. The third-order valence-electron chi connectivity index (χ3n) is 4.55. The van der Waals surface area contributed by atoms with Gasteiger partial charge in [0.15, 0.2) is 0 Å². The van der Waals surface area contributed by atoms with Crippen LogP contribution in [0.3, 0.4) is 0 Å². The Hall–Kier alpha value is -1.38. The molecule has 0 saturated carbocycles. The van der Waals surface area contributed by atoms with Gasteiger partial charge in [-0.15, -0.1) is 23.1 Å². The van der Waals surface area contributed by atoms with Crippen molar-refractivity contribution >= 4 is 39.2 Å². The number of thioether (sulfide) groups is 1. The van der Waals surface area contributed by atoms with Crippen molar-refractivity contribution in [1.29, 1.82) is 0 Å². The van der Waals surface area contributed by atoms with Gasteiger partial charge in [0.25, 0.3) is 5.56 Å². The zero-order valence-electron chi connectivity index (χ0n) is 16.1. The number of aromatic nitrogens is 2. The number of rotatable bonds is 9. The van der Waals surface area contributed by atoms with Gasteiger partial charge in [0.2, 0.25) is 5.91 Å². The lowest BCUT2D eigenvalue weighted by molar-refractivity contribution is -0.120. The quantitative estimate of drug-likeness (QED) is 0.681. The first kappa shape index (κ1) is 20.9. The van der Waals surface area contributed by atoms with Crippen LogP contribution in [0.1, 0.15) is 37.0 Å². The number of aryl methyl sites for hydroxylation is 2. The Labute approximate surface area is 162 Å². The van der Waals surface area contributed by atoms with E-state index < -0.39 is 0 Å². The van der Waals surface area contributed by atoms with E-state index in [0.29, 0.717) is 23.5 Å². The average molecular weight is 397 g/mol. The number of nitrogens with zero attached hydrogens (tertiary/aromatic N) is 2. The standard InChI is InChI=1S/C18H28N4O2S2/c1-6-22(7-2)9-8-19-16(23)13(5)25-10-14-20-17(24)15-11(3)12(4)26-18(15)21-14/h13H,6-10H2,1-5H3,(H,19,23)(H,20,21,24). The van der Waals surface area contributed by atoms with E-state index in [2.05, 4.69) is 34.0 Å². The highest BCUT2D eigenvalue weighted by molar-refractivity contribution is 7.99. The van der Waals surface area contributed by atoms with Crippen molar-refractivity contribution in [2.75, 3.05) is 26.2 Å². The molecule has 0 aliphatic rings. The van der Waals surface area contributed by atoms with Gasteiger partial charge < -0.3 is 15.2 Å². The lowest BCUT2D eigenvalue weighted by Crippen LogP contribution is -2.38. The molecule has 0 bridgehead atoms. The monoisotopic (exact) mass is 396 g/mol. The van der Waals surface area contributed by atoms with Crippen molar-refractivity contribution in [2.45, 2.75) is 45.6 Å². The molecule has 8 heteroatoms. The summed E-state index contributed by atoms with van der Waals surface area (Å²) in [4.78, 5) is 36.1. The number of carbonyl (C=O) groups is 1. The summed E-state index contributed by atoms with van der Waals surface area (Å²) in [6, 6.07) is 0. The van der Waals surface area contributed by atoms with Gasteiger partial charge in [-0.2, -0.15) is 0 Å². The highest BCUT2D eigenvalue weighted by Crippen LogP contribution is 2.26. The van der Waals surface area contributed by atoms with Crippen LogP contribution < -0.4 is 10.9 Å². The summed E-state index contributed by atoms with van der Waals surface area (Å²) < 4.78 is 0. The maximum atomic E-state index is 12.3. The fourth-order valence-corrected chi connectivity index (χ4v) is 4.50. The minimum atomic E-state index is -0.195. The van der Waals surface area contributed by atoms with Crippen molar-refractivity contribution in [3.8, 4) is 0 Å². The van der Waals surface area contributed by atoms with E-state index in [1.807, 2.05) is 20.8 Å². The maximum absolute atomic E-state index is 12.3. The van der Waals surface area contributed by atoms with E-state index in [1.165, 1.54) is 11.8 Å². The summed E-state index contributed by atoms with van der Waals surface area (Å²) in [5, 5.41) is 3.47. The molecule has 2 aromatic rings. The zero-order valence-corrected chi connectivity index (χ0v) is 17.8. The molecule has 26 heavy (non-hydrogen) atoms. The number of aromatic amines is 1. The average Bonchev–Trinajstić information content (AvgIpc) is 2.90. The number of likely N-dealkylation sites (N-methyl/N-ethyl adjacent to an activating group) is 1. The molecule has 0 aliphatic heterocycles. The van der Waals surface area contributed by atoms with E-state index in [1.54, 1.807) is 11.3 Å². The summed E-state index contributed by atoms with van der Waals surface area (Å²) in [5.74, 6) is 1.15. The number of thiophene rings is 1. The van der Waals surface area contributed by atoms with Crippen molar-refractivity contribution in [2.24, 2.45) is 0 Å². The van der Waals surface area contributed by atoms with Crippen LogP contribution in [0.25, 0.3) is 10.2 Å². The second-order valence-electron chi connectivity index (χ2n) is 6.25. The minimum Gasteiger partial charge on any atom is -0.354 e. The van der Waals surface area contributed by atoms with Gasteiger partial charge in [-0.05, 0) is 39.4 Å². The molecule has 0 aliphatic carbocycles. The zero-order chi connectivity index (χ0) is 19.3. The van der Waals surface area contributed by atoms with Crippen LogP contribution in [0.15, 0.2) is 4.79 Å². The number of nitrogens with one attached hydrogen (secondary N) is 2. The number of hydrogen-bond donors (Lipinski definition) is 2. The van der Waals surface area contributed by atoms with Crippen molar-refractivity contribution < 1.29 is 4.79 Å². The van der Waals surface area contributed by atoms with Gasteiger partial charge in [-0.1, -0.05) is 13.8 Å². The van der Waals surface area contributed by atoms with E-state index in [9.17, 15) is 9.59 Å².